The van der Waals surface area contributed by atoms with E-state index in [0.29, 0.717) is 11.3 Å². The number of alkyl halides is 3. The lowest BCUT2D eigenvalue weighted by Gasteiger charge is -2.15. The van der Waals surface area contributed by atoms with Gasteiger partial charge in [0, 0.05) is 6.04 Å². The van der Waals surface area contributed by atoms with Crippen LogP contribution in [0.25, 0.3) is 0 Å². The third kappa shape index (κ3) is 4.10. The predicted molar refractivity (Wildman–Crippen MR) is 61.7 cm³/mol. The van der Waals surface area contributed by atoms with Gasteiger partial charge in [-0.1, -0.05) is 11.3 Å². The molecule has 1 aromatic heterocycles. The Morgan fingerprint density at radius 3 is 2.44 bits per heavy atom. The van der Waals surface area contributed by atoms with E-state index in [0.717, 1.165) is 6.92 Å². The van der Waals surface area contributed by atoms with Crippen molar-refractivity contribution in [1.82, 2.24) is 9.71 Å². The molecule has 104 valence electrons. The second-order valence-electron chi connectivity index (χ2n) is 3.77. The molecule has 0 aliphatic heterocycles. The summed E-state index contributed by atoms with van der Waals surface area (Å²) in [7, 11) is -4.02. The maximum Gasteiger partial charge on any atom is 0.390 e. The van der Waals surface area contributed by atoms with Crippen molar-refractivity contribution in [3.05, 3.63) is 5.69 Å². The first-order chi connectivity index (χ1) is 8.01. The zero-order valence-electron chi connectivity index (χ0n) is 9.58. The van der Waals surface area contributed by atoms with Crippen LogP contribution in [0.5, 0.6) is 0 Å². The minimum atomic E-state index is -4.43. The van der Waals surface area contributed by atoms with E-state index in [9.17, 15) is 21.6 Å². The molecule has 5 nitrogen and oxygen atoms in total. The van der Waals surface area contributed by atoms with E-state index < -0.39 is 28.7 Å². The Morgan fingerprint density at radius 2 is 2.06 bits per heavy atom. The molecule has 0 spiro atoms. The molecule has 0 aliphatic rings. The maximum absolute atomic E-state index is 12.1. The van der Waals surface area contributed by atoms with E-state index in [1.807, 2.05) is 4.72 Å². The number of rotatable bonds is 4. The van der Waals surface area contributed by atoms with Gasteiger partial charge in [0.2, 0.25) is 0 Å². The minimum Gasteiger partial charge on any atom is -0.375 e. The summed E-state index contributed by atoms with van der Waals surface area (Å²) >= 11 is 0.716. The first-order valence-electron chi connectivity index (χ1n) is 4.83. The van der Waals surface area contributed by atoms with E-state index in [-0.39, 0.29) is 15.0 Å². The van der Waals surface area contributed by atoms with Crippen molar-refractivity contribution in [3.8, 4) is 0 Å². The highest BCUT2D eigenvalue weighted by molar-refractivity contribution is 7.91. The number of hydrogen-bond donors (Lipinski definition) is 2. The molecule has 1 unspecified atom stereocenters. The first-order valence-corrected chi connectivity index (χ1v) is 7.13. The van der Waals surface area contributed by atoms with Crippen molar-refractivity contribution in [2.75, 3.05) is 5.73 Å². The lowest BCUT2D eigenvalue weighted by Crippen LogP contribution is -2.35. The van der Waals surface area contributed by atoms with Crippen molar-refractivity contribution in [3.63, 3.8) is 0 Å². The summed E-state index contributed by atoms with van der Waals surface area (Å²) in [4.78, 5) is 3.71. The minimum absolute atomic E-state index is 0.0522. The molecule has 0 aromatic carbocycles. The van der Waals surface area contributed by atoms with Crippen LogP contribution in [0.1, 0.15) is 19.0 Å². The zero-order valence-corrected chi connectivity index (χ0v) is 11.2. The number of sulfonamides is 1. The quantitative estimate of drug-likeness (QED) is 0.885. The fraction of sp³-hybridized carbons (Fsp3) is 0.625. The molecular formula is C8H12F3N3O2S2. The largest absolute Gasteiger partial charge is 0.390 e. The smallest absolute Gasteiger partial charge is 0.375 e. The molecule has 1 atom stereocenters. The Bertz CT molecular complexity index is 524. The van der Waals surface area contributed by atoms with E-state index in [2.05, 4.69) is 4.98 Å². The number of nitrogens with zero attached hydrogens (tertiary/aromatic N) is 1. The first kappa shape index (κ1) is 15.2. The molecule has 0 amide bonds. The topological polar surface area (TPSA) is 85.1 Å². The second-order valence-corrected chi connectivity index (χ2v) is 6.71. The van der Waals surface area contributed by atoms with E-state index in [1.165, 1.54) is 6.92 Å². The van der Waals surface area contributed by atoms with Gasteiger partial charge in [-0.3, -0.25) is 0 Å². The average molecular weight is 303 g/mol. The number of nitrogens with one attached hydrogen (secondary N) is 1. The zero-order chi connectivity index (χ0) is 14.1. The van der Waals surface area contributed by atoms with Crippen molar-refractivity contribution < 1.29 is 21.6 Å². The highest BCUT2D eigenvalue weighted by atomic mass is 32.2. The van der Waals surface area contributed by atoms with Crippen LogP contribution in [0, 0.1) is 6.92 Å². The van der Waals surface area contributed by atoms with Crippen LogP contribution in [0.2, 0.25) is 0 Å². The summed E-state index contributed by atoms with van der Waals surface area (Å²) in [5.41, 5.74) is 5.51. The molecule has 3 N–H and O–H groups in total. The molecule has 0 saturated heterocycles. The van der Waals surface area contributed by atoms with Crippen LogP contribution < -0.4 is 10.5 Å². The van der Waals surface area contributed by atoms with Gasteiger partial charge in [0.25, 0.3) is 10.0 Å². The van der Waals surface area contributed by atoms with Gasteiger partial charge in [-0.25, -0.2) is 18.1 Å². The molecule has 0 fully saturated rings. The number of hydrogen-bond acceptors (Lipinski definition) is 5. The Kier molecular flexibility index (Phi) is 4.23. The fourth-order valence-corrected chi connectivity index (χ4v) is 3.92. The number of aromatic nitrogens is 1. The summed E-state index contributed by atoms with van der Waals surface area (Å²) < 4.78 is 61.7. The van der Waals surface area contributed by atoms with Crippen molar-refractivity contribution in [1.29, 1.82) is 0 Å². The molecule has 10 heteroatoms. The number of anilines is 1. The average Bonchev–Trinajstić information content (AvgIpc) is 2.40. The predicted octanol–water partition coefficient (Wildman–Crippen LogP) is 1.65. The molecule has 0 saturated carbocycles. The maximum atomic E-state index is 12.1. The number of halogens is 3. The fourth-order valence-electron chi connectivity index (χ4n) is 1.36. The van der Waals surface area contributed by atoms with Crippen LogP contribution in [0.15, 0.2) is 4.21 Å². The van der Waals surface area contributed by atoms with Crippen LogP contribution >= 0.6 is 11.3 Å². The Balaban J connectivity index is 2.86. The van der Waals surface area contributed by atoms with Crippen LogP contribution in [0.4, 0.5) is 18.3 Å². The highest BCUT2D eigenvalue weighted by Crippen LogP contribution is 2.26. The van der Waals surface area contributed by atoms with Gasteiger partial charge in [-0.15, -0.1) is 0 Å². The number of nitrogens with two attached hydrogens (primary N) is 1. The number of aryl methyl sites for hydroxylation is 1. The Morgan fingerprint density at radius 1 is 1.50 bits per heavy atom. The Hall–Kier alpha value is -0.870. The van der Waals surface area contributed by atoms with Crippen molar-refractivity contribution >= 4 is 26.5 Å². The summed E-state index contributed by atoms with van der Waals surface area (Å²) in [6, 6.07) is -1.25. The third-order valence-corrected chi connectivity index (χ3v) is 5.09. The van der Waals surface area contributed by atoms with Gasteiger partial charge >= 0.3 is 6.18 Å². The van der Waals surface area contributed by atoms with Gasteiger partial charge in [-0.2, -0.15) is 13.2 Å². The molecule has 0 radical (unpaired) electrons. The standard InChI is InChI=1S/C8H12F3N3O2S2/c1-4(3-8(9,10)11)14-18(15,16)6-5(2)13-7(12)17-6/h4,14H,3H2,1-2H3,(H2,12,13). The summed E-state index contributed by atoms with van der Waals surface area (Å²) in [5, 5.41) is 0.0522. The normalized spacial score (nSPS) is 14.7. The summed E-state index contributed by atoms with van der Waals surface area (Å²) in [5.74, 6) is 0. The van der Waals surface area contributed by atoms with E-state index in [4.69, 9.17) is 5.73 Å². The molecule has 1 aromatic rings. The third-order valence-electron chi connectivity index (χ3n) is 1.91. The van der Waals surface area contributed by atoms with Crippen LogP contribution in [-0.4, -0.2) is 25.6 Å². The molecule has 1 rings (SSSR count). The monoisotopic (exact) mass is 303 g/mol. The summed E-state index contributed by atoms with van der Waals surface area (Å²) in [6.45, 7) is 2.57. The van der Waals surface area contributed by atoms with Crippen LogP contribution in [-0.2, 0) is 10.0 Å². The summed E-state index contributed by atoms with van der Waals surface area (Å²) in [6.07, 6.45) is -5.66. The van der Waals surface area contributed by atoms with Gasteiger partial charge in [-0.05, 0) is 13.8 Å². The van der Waals surface area contributed by atoms with Crippen LogP contribution in [0.3, 0.4) is 0 Å². The number of nitrogen functional groups attached to an aromatic ring is 1. The van der Waals surface area contributed by atoms with Crippen molar-refractivity contribution in [2.24, 2.45) is 0 Å². The van der Waals surface area contributed by atoms with E-state index >= 15 is 0 Å². The number of thiazole rings is 1. The molecular weight excluding hydrogens is 291 g/mol. The van der Waals surface area contributed by atoms with Gasteiger partial charge < -0.3 is 5.73 Å². The van der Waals surface area contributed by atoms with Gasteiger partial charge in [0.1, 0.15) is 0 Å². The molecule has 1 heterocycles. The highest BCUT2D eigenvalue weighted by Gasteiger charge is 2.32. The molecule has 0 bridgehead atoms. The van der Waals surface area contributed by atoms with Gasteiger partial charge in [0.15, 0.2) is 9.34 Å². The van der Waals surface area contributed by atoms with Gasteiger partial charge in [0.05, 0.1) is 12.1 Å². The Labute approximate surface area is 106 Å². The molecule has 0 aliphatic carbocycles. The van der Waals surface area contributed by atoms with E-state index in [1.54, 1.807) is 0 Å². The SMILES string of the molecule is Cc1nc(N)sc1S(=O)(=O)NC(C)CC(F)(F)F. The van der Waals surface area contributed by atoms with Crippen molar-refractivity contribution in [2.45, 2.75) is 36.7 Å². The second kappa shape index (κ2) is 5.02. The molecule has 18 heavy (non-hydrogen) atoms. The lowest BCUT2D eigenvalue weighted by molar-refractivity contribution is -0.137. The lowest BCUT2D eigenvalue weighted by atomic mass is 10.2.